The van der Waals surface area contributed by atoms with Crippen LogP contribution in [0.5, 0.6) is 0 Å². The number of hydrogen-bond donors (Lipinski definition) is 0. The molecule has 1 aliphatic heterocycles. The number of nitrogens with zero attached hydrogens (tertiary/aromatic N) is 1. The van der Waals surface area contributed by atoms with Crippen LogP contribution in [0.25, 0.3) is 0 Å². The van der Waals surface area contributed by atoms with Crippen molar-refractivity contribution in [2.45, 2.75) is 45.1 Å². The summed E-state index contributed by atoms with van der Waals surface area (Å²) in [5.74, 6) is -0.746. The van der Waals surface area contributed by atoms with Gasteiger partial charge in [-0.1, -0.05) is 6.07 Å². The van der Waals surface area contributed by atoms with Crippen LogP contribution < -0.4 is 0 Å². The maximum absolute atomic E-state index is 13.7. The van der Waals surface area contributed by atoms with Crippen LogP contribution in [-0.4, -0.2) is 36.6 Å². The van der Waals surface area contributed by atoms with Crippen molar-refractivity contribution in [1.82, 2.24) is 4.90 Å². The Bertz CT molecular complexity index is 540. The first-order valence-electron chi connectivity index (χ1n) is 8.12. The van der Waals surface area contributed by atoms with E-state index in [1.807, 2.05) is 4.90 Å². The SMILES string of the molecule is COC(C)(C)C(=O)N1CCCC(CCc2c(F)cccc2F)C1. The number of hydrogen-bond acceptors (Lipinski definition) is 2. The van der Waals surface area contributed by atoms with E-state index in [2.05, 4.69) is 0 Å². The molecule has 1 unspecified atom stereocenters. The van der Waals surface area contributed by atoms with E-state index in [-0.39, 0.29) is 17.4 Å². The molecule has 3 nitrogen and oxygen atoms in total. The minimum Gasteiger partial charge on any atom is -0.369 e. The Hall–Kier alpha value is -1.49. The van der Waals surface area contributed by atoms with Crippen LogP contribution in [0, 0.1) is 17.6 Å². The molecule has 1 aromatic rings. The number of halogens is 2. The van der Waals surface area contributed by atoms with Crippen LogP contribution >= 0.6 is 0 Å². The summed E-state index contributed by atoms with van der Waals surface area (Å²) in [7, 11) is 1.53. The topological polar surface area (TPSA) is 29.5 Å². The summed E-state index contributed by atoms with van der Waals surface area (Å²) in [4.78, 5) is 14.3. The molecule has 0 saturated carbocycles. The van der Waals surface area contributed by atoms with Gasteiger partial charge in [0.15, 0.2) is 0 Å². The van der Waals surface area contributed by atoms with Crippen LogP contribution in [0.15, 0.2) is 18.2 Å². The summed E-state index contributed by atoms with van der Waals surface area (Å²) in [6.07, 6.45) is 2.93. The predicted molar refractivity (Wildman–Crippen MR) is 85.1 cm³/mol. The molecule has 1 fully saturated rings. The molecule has 5 heteroatoms. The van der Waals surface area contributed by atoms with Gasteiger partial charge in [-0.2, -0.15) is 0 Å². The Kier molecular flexibility index (Phi) is 5.74. The Morgan fingerprint density at radius 3 is 2.61 bits per heavy atom. The van der Waals surface area contributed by atoms with E-state index in [0.717, 1.165) is 19.4 Å². The molecule has 1 saturated heterocycles. The van der Waals surface area contributed by atoms with Crippen molar-refractivity contribution < 1.29 is 18.3 Å². The fourth-order valence-electron chi connectivity index (χ4n) is 3.07. The highest BCUT2D eigenvalue weighted by Crippen LogP contribution is 2.25. The summed E-state index contributed by atoms with van der Waals surface area (Å²) >= 11 is 0. The monoisotopic (exact) mass is 325 g/mol. The first-order valence-corrected chi connectivity index (χ1v) is 8.12. The zero-order chi connectivity index (χ0) is 17.0. The molecular formula is C18H25F2NO2. The lowest BCUT2D eigenvalue weighted by molar-refractivity contribution is -0.152. The molecule has 128 valence electrons. The number of carbonyl (C=O) groups is 1. The molecule has 0 N–H and O–H groups in total. The van der Waals surface area contributed by atoms with E-state index in [9.17, 15) is 13.6 Å². The van der Waals surface area contributed by atoms with Crippen LogP contribution in [0.3, 0.4) is 0 Å². The van der Waals surface area contributed by atoms with Gasteiger partial charge in [0.05, 0.1) is 0 Å². The molecule has 1 atom stereocenters. The number of rotatable bonds is 5. The average molecular weight is 325 g/mol. The van der Waals surface area contributed by atoms with Crippen molar-refractivity contribution in [3.63, 3.8) is 0 Å². The van der Waals surface area contributed by atoms with E-state index in [1.165, 1.54) is 25.3 Å². The lowest BCUT2D eigenvalue weighted by Gasteiger charge is -2.37. The van der Waals surface area contributed by atoms with Crippen molar-refractivity contribution in [2.24, 2.45) is 5.92 Å². The molecule has 1 amide bonds. The minimum absolute atomic E-state index is 0.0261. The second kappa shape index (κ2) is 7.39. The quantitative estimate of drug-likeness (QED) is 0.828. The molecule has 1 heterocycles. The van der Waals surface area contributed by atoms with Crippen LogP contribution in [0.4, 0.5) is 8.78 Å². The predicted octanol–water partition coefficient (Wildman–Crippen LogP) is 3.56. The Morgan fingerprint density at radius 1 is 1.35 bits per heavy atom. The largest absolute Gasteiger partial charge is 0.369 e. The van der Waals surface area contributed by atoms with E-state index in [4.69, 9.17) is 4.74 Å². The molecule has 2 rings (SSSR count). The van der Waals surface area contributed by atoms with Gasteiger partial charge in [0.2, 0.25) is 0 Å². The molecule has 1 aliphatic rings. The molecule has 0 bridgehead atoms. The molecule has 1 aromatic carbocycles. The van der Waals surface area contributed by atoms with Crippen molar-refractivity contribution in [3.05, 3.63) is 35.4 Å². The minimum atomic E-state index is -0.834. The zero-order valence-corrected chi connectivity index (χ0v) is 14.1. The first-order chi connectivity index (χ1) is 10.8. The van der Waals surface area contributed by atoms with Gasteiger partial charge in [-0.25, -0.2) is 8.78 Å². The van der Waals surface area contributed by atoms with E-state index in [1.54, 1.807) is 13.8 Å². The van der Waals surface area contributed by atoms with Crippen LogP contribution in [0.2, 0.25) is 0 Å². The Labute approximate surface area is 136 Å². The van der Waals surface area contributed by atoms with Gasteiger partial charge < -0.3 is 9.64 Å². The van der Waals surface area contributed by atoms with Gasteiger partial charge in [-0.05, 0) is 57.6 Å². The zero-order valence-electron chi connectivity index (χ0n) is 14.1. The summed E-state index contributed by atoms with van der Waals surface area (Å²) in [6, 6.07) is 3.95. The van der Waals surface area contributed by atoms with Gasteiger partial charge in [0.25, 0.3) is 5.91 Å². The lowest BCUT2D eigenvalue weighted by Crippen LogP contribution is -2.50. The van der Waals surface area contributed by atoms with Gasteiger partial charge >= 0.3 is 0 Å². The summed E-state index contributed by atoms with van der Waals surface area (Å²) in [6.45, 7) is 4.86. The second-order valence-corrected chi connectivity index (χ2v) is 6.71. The Balaban J connectivity index is 1.96. The molecule has 23 heavy (non-hydrogen) atoms. The molecule has 0 aromatic heterocycles. The average Bonchev–Trinajstić information content (AvgIpc) is 2.54. The number of likely N-dealkylation sites (tertiary alicyclic amines) is 1. The molecular weight excluding hydrogens is 300 g/mol. The molecule has 0 aliphatic carbocycles. The third-order valence-electron chi connectivity index (χ3n) is 4.70. The van der Waals surface area contributed by atoms with Crippen molar-refractivity contribution in [3.8, 4) is 0 Å². The Morgan fingerprint density at radius 2 is 2.00 bits per heavy atom. The van der Waals surface area contributed by atoms with Gasteiger partial charge in [-0.15, -0.1) is 0 Å². The number of amides is 1. The number of piperidine rings is 1. The third kappa shape index (κ3) is 4.28. The highest BCUT2D eigenvalue weighted by atomic mass is 19.1. The fraction of sp³-hybridized carbons (Fsp3) is 0.611. The number of carbonyl (C=O) groups excluding carboxylic acids is 1. The lowest BCUT2D eigenvalue weighted by atomic mass is 9.90. The third-order valence-corrected chi connectivity index (χ3v) is 4.70. The van der Waals surface area contributed by atoms with E-state index in [0.29, 0.717) is 19.4 Å². The standard InChI is InChI=1S/C18H25F2NO2/c1-18(2,23-3)17(22)21-11-5-6-13(12-21)9-10-14-15(19)7-4-8-16(14)20/h4,7-8,13H,5-6,9-12H2,1-3H3. The first kappa shape index (κ1) is 17.9. The van der Waals surface area contributed by atoms with Crippen LogP contribution in [0.1, 0.15) is 38.7 Å². The smallest absolute Gasteiger partial charge is 0.254 e. The van der Waals surface area contributed by atoms with Crippen LogP contribution in [-0.2, 0) is 16.0 Å². The fourth-order valence-corrected chi connectivity index (χ4v) is 3.07. The second-order valence-electron chi connectivity index (χ2n) is 6.71. The molecule has 0 spiro atoms. The highest BCUT2D eigenvalue weighted by Gasteiger charge is 2.34. The van der Waals surface area contributed by atoms with Crippen molar-refractivity contribution in [2.75, 3.05) is 20.2 Å². The van der Waals surface area contributed by atoms with E-state index < -0.39 is 17.2 Å². The maximum Gasteiger partial charge on any atom is 0.254 e. The highest BCUT2D eigenvalue weighted by molar-refractivity contribution is 5.84. The van der Waals surface area contributed by atoms with Gasteiger partial charge in [0, 0.05) is 25.8 Å². The maximum atomic E-state index is 13.7. The number of benzene rings is 1. The van der Waals surface area contributed by atoms with E-state index >= 15 is 0 Å². The number of ether oxygens (including phenoxy) is 1. The normalized spacial score (nSPS) is 19.0. The summed E-state index contributed by atoms with van der Waals surface area (Å²) in [5.41, 5.74) is -0.687. The van der Waals surface area contributed by atoms with Crippen molar-refractivity contribution >= 4 is 5.91 Å². The summed E-state index contributed by atoms with van der Waals surface area (Å²) in [5, 5.41) is 0. The van der Waals surface area contributed by atoms with Gasteiger partial charge in [0.1, 0.15) is 17.2 Å². The summed E-state index contributed by atoms with van der Waals surface area (Å²) < 4.78 is 32.6. The molecule has 0 radical (unpaired) electrons. The van der Waals surface area contributed by atoms with Crippen molar-refractivity contribution in [1.29, 1.82) is 0 Å². The van der Waals surface area contributed by atoms with Gasteiger partial charge in [-0.3, -0.25) is 4.79 Å². The number of methoxy groups -OCH3 is 1.